The molecule has 6 nitrogen and oxygen atoms in total. The molecule has 1 rings (SSSR count). The van der Waals surface area contributed by atoms with Gasteiger partial charge in [0.2, 0.25) is 5.71 Å². The molecule has 0 atom stereocenters. The number of aliphatic carboxylic acids is 1. The first-order chi connectivity index (χ1) is 8.04. The molecule has 1 aromatic carbocycles. The van der Waals surface area contributed by atoms with Gasteiger partial charge in [0.15, 0.2) is 0 Å². The standard InChI is InChI=1S/C10H10FN3O3/c1-12-14-8(10(16)17)9(15)13-7-4-2-6(11)3-5-7/h2-5,12H,1H3,(H,13,15)(H,16,17)/b14-8+. The lowest BCUT2D eigenvalue weighted by Gasteiger charge is -2.04. The Kier molecular flexibility index (Phi) is 4.15. The van der Waals surface area contributed by atoms with Crippen LogP contribution in [0.1, 0.15) is 0 Å². The van der Waals surface area contributed by atoms with Crippen molar-refractivity contribution in [1.29, 1.82) is 0 Å². The van der Waals surface area contributed by atoms with Crippen LogP contribution in [0.15, 0.2) is 29.4 Å². The molecule has 7 heteroatoms. The number of carboxylic acids is 1. The van der Waals surface area contributed by atoms with Gasteiger partial charge in [-0.05, 0) is 24.3 Å². The van der Waals surface area contributed by atoms with Crippen LogP contribution in [0.5, 0.6) is 0 Å². The predicted octanol–water partition coefficient (Wildman–Crippen LogP) is 0.424. The minimum Gasteiger partial charge on any atom is -0.476 e. The molecule has 0 aliphatic carbocycles. The average molecular weight is 239 g/mol. The normalized spacial score (nSPS) is 10.8. The second-order valence-electron chi connectivity index (χ2n) is 2.95. The van der Waals surface area contributed by atoms with Crippen molar-refractivity contribution in [3.8, 4) is 0 Å². The lowest BCUT2D eigenvalue weighted by atomic mass is 10.3. The molecular weight excluding hydrogens is 229 g/mol. The number of nitrogens with one attached hydrogen (secondary N) is 2. The molecule has 0 saturated heterocycles. The van der Waals surface area contributed by atoms with Gasteiger partial charge in [-0.1, -0.05) is 0 Å². The number of hydrogen-bond acceptors (Lipinski definition) is 4. The molecular formula is C10H10FN3O3. The third-order valence-electron chi connectivity index (χ3n) is 1.74. The fraction of sp³-hybridized carbons (Fsp3) is 0.100. The molecule has 1 amide bonds. The van der Waals surface area contributed by atoms with Crippen molar-refractivity contribution in [2.24, 2.45) is 5.10 Å². The third kappa shape index (κ3) is 3.56. The Hall–Kier alpha value is -2.44. The number of hydrazone groups is 1. The Morgan fingerprint density at radius 3 is 2.35 bits per heavy atom. The van der Waals surface area contributed by atoms with Crippen LogP contribution in [0.3, 0.4) is 0 Å². The van der Waals surface area contributed by atoms with Crippen molar-refractivity contribution >= 4 is 23.3 Å². The van der Waals surface area contributed by atoms with E-state index in [-0.39, 0.29) is 5.69 Å². The topological polar surface area (TPSA) is 90.8 Å². The molecule has 0 unspecified atom stereocenters. The molecule has 0 heterocycles. The number of carbonyl (C=O) groups excluding carboxylic acids is 1. The molecule has 0 radical (unpaired) electrons. The van der Waals surface area contributed by atoms with E-state index in [0.717, 1.165) is 12.1 Å². The molecule has 0 fully saturated rings. The highest BCUT2D eigenvalue weighted by Gasteiger charge is 2.19. The van der Waals surface area contributed by atoms with Gasteiger partial charge >= 0.3 is 5.97 Å². The summed E-state index contributed by atoms with van der Waals surface area (Å²) in [6.45, 7) is 0. The largest absolute Gasteiger partial charge is 0.476 e. The number of hydrogen-bond donors (Lipinski definition) is 3. The lowest BCUT2D eigenvalue weighted by molar-refractivity contribution is -0.130. The van der Waals surface area contributed by atoms with Crippen molar-refractivity contribution in [2.45, 2.75) is 0 Å². The molecule has 0 aromatic heterocycles. The summed E-state index contributed by atoms with van der Waals surface area (Å²) in [5, 5.41) is 14.3. The highest BCUT2D eigenvalue weighted by atomic mass is 19.1. The van der Waals surface area contributed by atoms with Crippen molar-refractivity contribution in [3.63, 3.8) is 0 Å². The number of amides is 1. The quantitative estimate of drug-likeness (QED) is 0.403. The maximum absolute atomic E-state index is 12.6. The molecule has 0 saturated carbocycles. The van der Waals surface area contributed by atoms with E-state index in [4.69, 9.17) is 5.11 Å². The number of carbonyl (C=O) groups is 2. The maximum atomic E-state index is 12.6. The Morgan fingerprint density at radius 1 is 1.29 bits per heavy atom. The monoisotopic (exact) mass is 239 g/mol. The summed E-state index contributed by atoms with van der Waals surface area (Å²) < 4.78 is 12.6. The highest BCUT2D eigenvalue weighted by molar-refractivity contribution is 6.65. The second-order valence-corrected chi connectivity index (χ2v) is 2.95. The van der Waals surface area contributed by atoms with Gasteiger partial charge in [-0.3, -0.25) is 4.79 Å². The van der Waals surface area contributed by atoms with E-state index >= 15 is 0 Å². The van der Waals surface area contributed by atoms with E-state index in [9.17, 15) is 14.0 Å². The zero-order chi connectivity index (χ0) is 12.8. The predicted molar refractivity (Wildman–Crippen MR) is 59.2 cm³/mol. The van der Waals surface area contributed by atoms with Gasteiger partial charge in [0.25, 0.3) is 5.91 Å². The van der Waals surface area contributed by atoms with Crippen LogP contribution in [0.25, 0.3) is 0 Å². The number of rotatable bonds is 4. The van der Waals surface area contributed by atoms with E-state index in [1.165, 1.54) is 19.2 Å². The molecule has 1 aromatic rings. The third-order valence-corrected chi connectivity index (χ3v) is 1.74. The summed E-state index contributed by atoms with van der Waals surface area (Å²) in [4.78, 5) is 22.2. The summed E-state index contributed by atoms with van der Waals surface area (Å²) in [5.41, 5.74) is 1.81. The minimum absolute atomic E-state index is 0.279. The van der Waals surface area contributed by atoms with Gasteiger partial charge in [0, 0.05) is 12.7 Å². The Labute approximate surface area is 96.1 Å². The van der Waals surface area contributed by atoms with Crippen LogP contribution >= 0.6 is 0 Å². The average Bonchev–Trinajstić information content (AvgIpc) is 2.28. The number of nitrogens with zero attached hydrogens (tertiary/aromatic N) is 1. The second kappa shape index (κ2) is 5.59. The van der Waals surface area contributed by atoms with Gasteiger partial charge in [-0.25, -0.2) is 9.18 Å². The van der Waals surface area contributed by atoms with Gasteiger partial charge in [0.1, 0.15) is 5.82 Å². The Balaban J connectivity index is 2.81. The van der Waals surface area contributed by atoms with E-state index in [1.54, 1.807) is 0 Å². The maximum Gasteiger partial charge on any atom is 0.362 e. The smallest absolute Gasteiger partial charge is 0.362 e. The number of anilines is 1. The first-order valence-corrected chi connectivity index (χ1v) is 4.59. The fourth-order valence-electron chi connectivity index (χ4n) is 1.03. The molecule has 3 N–H and O–H groups in total. The van der Waals surface area contributed by atoms with Crippen molar-refractivity contribution < 1.29 is 19.1 Å². The zero-order valence-corrected chi connectivity index (χ0v) is 8.90. The highest BCUT2D eigenvalue weighted by Crippen LogP contribution is 2.08. The number of carboxylic acid groups (broad SMARTS) is 1. The van der Waals surface area contributed by atoms with Crippen LogP contribution in [-0.2, 0) is 9.59 Å². The summed E-state index contributed by atoms with van der Waals surface area (Å²) in [6, 6.07) is 4.91. The number of benzene rings is 1. The van der Waals surface area contributed by atoms with Crippen LogP contribution < -0.4 is 10.7 Å². The summed E-state index contributed by atoms with van der Waals surface area (Å²) in [5.74, 6) is -2.80. The van der Waals surface area contributed by atoms with Crippen molar-refractivity contribution in [2.75, 3.05) is 12.4 Å². The minimum atomic E-state index is -1.46. The summed E-state index contributed by atoms with van der Waals surface area (Å²) in [7, 11) is 1.37. The van der Waals surface area contributed by atoms with E-state index in [1.807, 2.05) is 0 Å². The van der Waals surface area contributed by atoms with Crippen LogP contribution in [0.4, 0.5) is 10.1 Å². The van der Waals surface area contributed by atoms with Crippen molar-refractivity contribution in [1.82, 2.24) is 5.43 Å². The van der Waals surface area contributed by atoms with Gasteiger partial charge in [0.05, 0.1) is 0 Å². The van der Waals surface area contributed by atoms with E-state index in [0.29, 0.717) is 0 Å². The zero-order valence-electron chi connectivity index (χ0n) is 8.90. The summed E-state index contributed by atoms with van der Waals surface area (Å²) >= 11 is 0. The first kappa shape index (κ1) is 12.6. The molecule has 17 heavy (non-hydrogen) atoms. The van der Waals surface area contributed by atoms with E-state index in [2.05, 4.69) is 15.8 Å². The van der Waals surface area contributed by atoms with Crippen molar-refractivity contribution in [3.05, 3.63) is 30.1 Å². The molecule has 0 aliphatic heterocycles. The van der Waals surface area contributed by atoms with Crippen LogP contribution in [0.2, 0.25) is 0 Å². The lowest BCUT2D eigenvalue weighted by Crippen LogP contribution is -2.31. The van der Waals surface area contributed by atoms with Gasteiger partial charge in [-0.2, -0.15) is 5.10 Å². The van der Waals surface area contributed by atoms with E-state index < -0.39 is 23.4 Å². The Bertz CT molecular complexity index is 456. The molecule has 0 bridgehead atoms. The molecule has 90 valence electrons. The number of halogens is 1. The molecule has 0 spiro atoms. The Morgan fingerprint density at radius 2 is 1.88 bits per heavy atom. The van der Waals surface area contributed by atoms with Gasteiger partial charge < -0.3 is 15.8 Å². The fourth-order valence-corrected chi connectivity index (χ4v) is 1.03. The SMILES string of the molecule is CN/N=C(/C(=O)O)C(=O)Nc1ccc(F)cc1. The van der Waals surface area contributed by atoms with Gasteiger partial charge in [-0.15, -0.1) is 0 Å². The first-order valence-electron chi connectivity index (χ1n) is 4.59. The summed E-state index contributed by atoms with van der Waals surface area (Å²) in [6.07, 6.45) is 0. The van der Waals surface area contributed by atoms with Crippen LogP contribution in [0, 0.1) is 5.82 Å². The van der Waals surface area contributed by atoms with Crippen LogP contribution in [-0.4, -0.2) is 29.7 Å². The molecule has 0 aliphatic rings.